The van der Waals surface area contributed by atoms with Crippen molar-refractivity contribution in [2.75, 3.05) is 18.1 Å². The summed E-state index contributed by atoms with van der Waals surface area (Å²) in [5.74, 6) is -1.09. The van der Waals surface area contributed by atoms with Gasteiger partial charge < -0.3 is 20.3 Å². The average Bonchev–Trinajstić information content (AvgIpc) is 2.89. The predicted molar refractivity (Wildman–Crippen MR) is 157 cm³/mol. The van der Waals surface area contributed by atoms with Crippen molar-refractivity contribution in [1.29, 1.82) is 0 Å². The number of thioether (sulfide) groups is 1. The Balaban J connectivity index is 4.20. The Morgan fingerprint density at radius 3 is 1.53 bits per heavy atom. The lowest BCUT2D eigenvalue weighted by Gasteiger charge is -2.18. The van der Waals surface area contributed by atoms with E-state index < -0.39 is 18.1 Å². The molecule has 0 bridgehead atoms. The largest absolute Gasteiger partial charge is 0.480 e. The molecule has 0 fully saturated rings. The van der Waals surface area contributed by atoms with Crippen LogP contribution >= 0.6 is 11.8 Å². The van der Waals surface area contributed by atoms with E-state index in [9.17, 15) is 14.4 Å². The fraction of sp³-hybridized carbons (Fsp3) is 0.900. The maximum atomic E-state index is 12.4. The molecule has 0 amide bonds. The van der Waals surface area contributed by atoms with E-state index in [1.807, 2.05) is 0 Å². The van der Waals surface area contributed by atoms with Crippen LogP contribution in [0.4, 0.5) is 0 Å². The van der Waals surface area contributed by atoms with Gasteiger partial charge in [0.25, 0.3) is 0 Å². The summed E-state index contributed by atoms with van der Waals surface area (Å²) < 4.78 is 11.0. The zero-order chi connectivity index (χ0) is 28.3. The van der Waals surface area contributed by atoms with E-state index in [0.717, 1.165) is 38.5 Å². The summed E-state index contributed by atoms with van der Waals surface area (Å²) in [7, 11) is 0. The van der Waals surface area contributed by atoms with Crippen LogP contribution < -0.4 is 5.73 Å². The molecular weight excluding hydrogens is 502 g/mol. The molecule has 0 radical (unpaired) electrons. The Morgan fingerprint density at radius 2 is 1.08 bits per heavy atom. The molecule has 0 aliphatic carbocycles. The van der Waals surface area contributed by atoms with E-state index in [1.165, 1.54) is 88.8 Å². The summed E-state index contributed by atoms with van der Waals surface area (Å²) >= 11 is 1.29. The highest BCUT2D eigenvalue weighted by molar-refractivity contribution is 7.99. The van der Waals surface area contributed by atoms with Gasteiger partial charge in [-0.05, 0) is 12.8 Å². The smallest absolute Gasteiger partial charge is 0.321 e. The third kappa shape index (κ3) is 25.0. The molecule has 3 N–H and O–H groups in total. The predicted octanol–water partition coefficient (Wildman–Crippen LogP) is 7.43. The molecule has 0 spiro atoms. The Hall–Kier alpha value is -1.28. The maximum Gasteiger partial charge on any atom is 0.321 e. The van der Waals surface area contributed by atoms with Crippen molar-refractivity contribution in [2.24, 2.45) is 5.73 Å². The van der Waals surface area contributed by atoms with Crippen LogP contribution in [0.25, 0.3) is 0 Å². The summed E-state index contributed by atoms with van der Waals surface area (Å²) in [6, 6.07) is -0.979. The lowest BCUT2D eigenvalue weighted by atomic mass is 10.1. The van der Waals surface area contributed by atoms with E-state index in [4.69, 9.17) is 20.3 Å². The van der Waals surface area contributed by atoms with Gasteiger partial charge in [0.05, 0.1) is 0 Å². The molecule has 8 heteroatoms. The zero-order valence-corrected chi connectivity index (χ0v) is 25.2. The number of nitrogens with two attached hydrogens (primary N) is 1. The van der Waals surface area contributed by atoms with Gasteiger partial charge >= 0.3 is 17.9 Å². The normalized spacial score (nSPS) is 12.7. The first-order valence-corrected chi connectivity index (χ1v) is 16.5. The molecule has 2 atom stereocenters. The second kappa shape index (κ2) is 27.3. The number of esters is 2. The van der Waals surface area contributed by atoms with Crippen LogP contribution in [0.1, 0.15) is 142 Å². The first-order chi connectivity index (χ1) is 18.4. The molecule has 0 saturated heterocycles. The molecular formula is C30H57NO6S. The Labute approximate surface area is 236 Å². The molecule has 7 nitrogen and oxygen atoms in total. The van der Waals surface area contributed by atoms with Crippen LogP contribution in [-0.2, 0) is 23.9 Å². The quantitative estimate of drug-likeness (QED) is 0.0751. The Morgan fingerprint density at radius 1 is 0.658 bits per heavy atom. The van der Waals surface area contributed by atoms with Crippen molar-refractivity contribution in [3.8, 4) is 0 Å². The molecule has 0 aromatic heterocycles. The van der Waals surface area contributed by atoms with E-state index in [2.05, 4.69) is 13.8 Å². The molecule has 0 aromatic carbocycles. The molecule has 0 aromatic rings. The third-order valence-corrected chi connectivity index (χ3v) is 7.82. The monoisotopic (exact) mass is 559 g/mol. The number of hydrogen-bond acceptors (Lipinski definition) is 7. The fourth-order valence-corrected chi connectivity index (χ4v) is 5.14. The summed E-state index contributed by atoms with van der Waals surface area (Å²) in [5, 5.41) is 8.97. The van der Waals surface area contributed by atoms with Crippen LogP contribution in [0.5, 0.6) is 0 Å². The van der Waals surface area contributed by atoms with Crippen LogP contribution in [0, 0.1) is 0 Å². The van der Waals surface area contributed by atoms with Gasteiger partial charge in [-0.1, -0.05) is 117 Å². The minimum Gasteiger partial charge on any atom is -0.480 e. The molecule has 0 aliphatic rings. The first kappa shape index (κ1) is 36.7. The highest BCUT2D eigenvalue weighted by Gasteiger charge is 2.19. The molecule has 2 unspecified atom stereocenters. The average molecular weight is 560 g/mol. The SMILES string of the molecule is CCCCCCCCCCCC(=O)OCC(CSCC(N)C(=O)O)OC(=O)CCCCCCCCCCC. The number of carbonyl (C=O) groups is 3. The topological polar surface area (TPSA) is 116 Å². The van der Waals surface area contributed by atoms with Crippen molar-refractivity contribution in [3.63, 3.8) is 0 Å². The lowest BCUT2D eigenvalue weighted by molar-refractivity contribution is -0.157. The van der Waals surface area contributed by atoms with Gasteiger partial charge in [0.2, 0.25) is 0 Å². The first-order valence-electron chi connectivity index (χ1n) is 15.3. The summed E-state index contributed by atoms with van der Waals surface area (Å²) in [5.41, 5.74) is 5.57. The second-order valence-electron chi connectivity index (χ2n) is 10.4. The molecule has 224 valence electrons. The second-order valence-corrected chi connectivity index (χ2v) is 11.5. The van der Waals surface area contributed by atoms with Gasteiger partial charge in [-0.2, -0.15) is 11.8 Å². The number of carboxylic acid groups (broad SMARTS) is 1. The zero-order valence-electron chi connectivity index (χ0n) is 24.4. The van der Waals surface area contributed by atoms with Gasteiger partial charge in [-0.25, -0.2) is 0 Å². The molecule has 0 saturated carbocycles. The van der Waals surface area contributed by atoms with Gasteiger partial charge in [-0.3, -0.25) is 14.4 Å². The van der Waals surface area contributed by atoms with Crippen LogP contribution in [-0.4, -0.2) is 53.3 Å². The van der Waals surface area contributed by atoms with Crippen LogP contribution in [0.3, 0.4) is 0 Å². The van der Waals surface area contributed by atoms with Crippen molar-refractivity contribution in [2.45, 2.75) is 154 Å². The number of hydrogen-bond donors (Lipinski definition) is 2. The highest BCUT2D eigenvalue weighted by Crippen LogP contribution is 2.14. The molecule has 0 rings (SSSR count). The maximum absolute atomic E-state index is 12.4. The van der Waals surface area contributed by atoms with Crippen molar-refractivity contribution in [1.82, 2.24) is 0 Å². The van der Waals surface area contributed by atoms with Crippen molar-refractivity contribution >= 4 is 29.7 Å². The minimum atomic E-state index is -1.07. The van der Waals surface area contributed by atoms with Gasteiger partial charge in [0.1, 0.15) is 18.8 Å². The Kier molecular flexibility index (Phi) is 26.4. The number of aliphatic carboxylic acids is 1. The molecule has 0 heterocycles. The summed E-state index contributed by atoms with van der Waals surface area (Å²) in [4.78, 5) is 35.5. The van der Waals surface area contributed by atoms with Crippen molar-refractivity contribution < 1.29 is 29.0 Å². The number of carboxylic acids is 1. The third-order valence-electron chi connectivity index (χ3n) is 6.62. The summed E-state index contributed by atoms with van der Waals surface area (Å²) in [6.07, 6.45) is 21.3. The number of rotatable bonds is 28. The van der Waals surface area contributed by atoms with E-state index in [-0.39, 0.29) is 24.3 Å². The lowest BCUT2D eigenvalue weighted by Crippen LogP contribution is -2.34. The van der Waals surface area contributed by atoms with Crippen LogP contribution in [0.15, 0.2) is 0 Å². The number of carbonyl (C=O) groups excluding carboxylic acids is 2. The van der Waals surface area contributed by atoms with Gasteiger partial charge in [0, 0.05) is 24.3 Å². The number of unbranched alkanes of at least 4 members (excludes halogenated alkanes) is 16. The minimum absolute atomic E-state index is 0.00489. The highest BCUT2D eigenvalue weighted by atomic mass is 32.2. The van der Waals surface area contributed by atoms with Crippen molar-refractivity contribution in [3.05, 3.63) is 0 Å². The fourth-order valence-electron chi connectivity index (χ4n) is 4.18. The van der Waals surface area contributed by atoms with E-state index in [0.29, 0.717) is 18.6 Å². The van der Waals surface area contributed by atoms with Crippen LogP contribution in [0.2, 0.25) is 0 Å². The standard InChI is InChI=1S/C30H57NO6S/c1-3-5-7-9-11-13-15-17-19-21-28(32)36-23-26(24-38-25-27(31)30(34)35)37-29(33)22-20-18-16-14-12-10-8-6-4-2/h26-27H,3-25,31H2,1-2H3,(H,34,35). The number of ether oxygens (including phenoxy) is 2. The summed E-state index contributed by atoms with van der Waals surface area (Å²) in [6.45, 7) is 4.43. The molecule has 38 heavy (non-hydrogen) atoms. The van der Waals surface area contributed by atoms with E-state index in [1.54, 1.807) is 0 Å². The molecule has 0 aliphatic heterocycles. The Bertz CT molecular complexity index is 589. The van der Waals surface area contributed by atoms with Gasteiger partial charge in [0.15, 0.2) is 0 Å². The van der Waals surface area contributed by atoms with Gasteiger partial charge in [-0.15, -0.1) is 0 Å². The van der Waals surface area contributed by atoms with E-state index >= 15 is 0 Å².